The maximum Gasteiger partial charge on any atom is 0.356 e. The van der Waals surface area contributed by atoms with Gasteiger partial charge in [-0.3, -0.25) is 5.41 Å². The second-order valence-electron chi connectivity index (χ2n) is 5.68. The van der Waals surface area contributed by atoms with Gasteiger partial charge in [0.15, 0.2) is 0 Å². The van der Waals surface area contributed by atoms with E-state index in [2.05, 4.69) is 4.74 Å². The summed E-state index contributed by atoms with van der Waals surface area (Å²) >= 11 is 5.91. The Morgan fingerprint density at radius 1 is 1.08 bits per heavy atom. The maximum atomic E-state index is 11.6. The standard InChI is InChI=1S/C20H21ClN2O3/c1-25-18-9-5-14(6-10-18)11-17(12-19(22)20(24)26-2)23-13-15-3-7-16(21)8-4-15/h3-10,12,22-23H,11,13H2,1-2H3/p+1/b17-12-,22-19?. The molecule has 0 saturated carbocycles. The van der Waals surface area contributed by atoms with Crippen LogP contribution in [0.5, 0.6) is 5.75 Å². The number of nitrogens with two attached hydrogens (primary N) is 1. The van der Waals surface area contributed by atoms with Crippen LogP contribution >= 0.6 is 11.6 Å². The molecule has 0 aliphatic heterocycles. The molecule has 0 radical (unpaired) electrons. The third-order valence-corrected chi connectivity index (χ3v) is 4.07. The first kappa shape index (κ1) is 19.7. The van der Waals surface area contributed by atoms with Crippen LogP contribution in [0.1, 0.15) is 11.1 Å². The predicted octanol–water partition coefficient (Wildman–Crippen LogP) is 2.73. The Bertz CT molecular complexity index is 784. The van der Waals surface area contributed by atoms with Gasteiger partial charge in [-0.2, -0.15) is 0 Å². The highest BCUT2D eigenvalue weighted by Gasteiger charge is 2.12. The smallest absolute Gasteiger partial charge is 0.356 e. The summed E-state index contributed by atoms with van der Waals surface area (Å²) in [4.78, 5) is 11.6. The van der Waals surface area contributed by atoms with E-state index in [1.54, 1.807) is 13.2 Å². The topological polar surface area (TPSA) is 76.0 Å². The predicted molar refractivity (Wildman–Crippen MR) is 102 cm³/mol. The van der Waals surface area contributed by atoms with Gasteiger partial charge in [0.2, 0.25) is 0 Å². The molecule has 0 heterocycles. The number of nitrogens with one attached hydrogen (secondary N) is 1. The monoisotopic (exact) mass is 373 g/mol. The largest absolute Gasteiger partial charge is 0.497 e. The fourth-order valence-electron chi connectivity index (χ4n) is 2.38. The lowest BCUT2D eigenvalue weighted by Gasteiger charge is -2.08. The molecule has 0 saturated heterocycles. The van der Waals surface area contributed by atoms with Crippen LogP contribution in [0.2, 0.25) is 5.02 Å². The summed E-state index contributed by atoms with van der Waals surface area (Å²) in [6.45, 7) is 0.674. The second-order valence-corrected chi connectivity index (χ2v) is 6.12. The molecule has 0 atom stereocenters. The van der Waals surface area contributed by atoms with Crippen LogP contribution in [0, 0.1) is 5.41 Å². The second kappa shape index (κ2) is 9.75. The molecule has 5 nitrogen and oxygen atoms in total. The zero-order valence-corrected chi connectivity index (χ0v) is 15.5. The number of methoxy groups -OCH3 is 2. The first-order valence-electron chi connectivity index (χ1n) is 8.10. The first-order chi connectivity index (χ1) is 12.5. The van der Waals surface area contributed by atoms with Crippen LogP contribution in [0.25, 0.3) is 0 Å². The molecule has 2 rings (SSSR count). The van der Waals surface area contributed by atoms with Gasteiger partial charge in [-0.05, 0) is 29.8 Å². The number of halogens is 1. The van der Waals surface area contributed by atoms with Crippen molar-refractivity contribution in [2.75, 3.05) is 14.2 Å². The normalized spacial score (nSPS) is 11.1. The number of benzene rings is 2. The third-order valence-electron chi connectivity index (χ3n) is 3.82. The third kappa shape index (κ3) is 6.02. The van der Waals surface area contributed by atoms with Gasteiger partial charge < -0.3 is 14.8 Å². The van der Waals surface area contributed by atoms with Gasteiger partial charge in [-0.15, -0.1) is 0 Å². The van der Waals surface area contributed by atoms with Crippen LogP contribution in [-0.4, -0.2) is 25.9 Å². The minimum absolute atomic E-state index is 0.177. The van der Waals surface area contributed by atoms with E-state index in [1.807, 2.05) is 53.8 Å². The van der Waals surface area contributed by atoms with Crippen molar-refractivity contribution in [2.24, 2.45) is 0 Å². The number of carbonyl (C=O) groups is 1. The summed E-state index contributed by atoms with van der Waals surface area (Å²) in [5.41, 5.74) is 2.84. The molecule has 0 amide bonds. The van der Waals surface area contributed by atoms with Gasteiger partial charge in [-0.1, -0.05) is 35.9 Å². The van der Waals surface area contributed by atoms with Crippen molar-refractivity contribution in [2.45, 2.75) is 13.0 Å². The maximum absolute atomic E-state index is 11.6. The number of hydrogen-bond acceptors (Lipinski definition) is 4. The molecular weight excluding hydrogens is 352 g/mol. The summed E-state index contributed by atoms with van der Waals surface area (Å²) in [7, 11) is 2.89. The number of allylic oxidation sites excluding steroid dienone is 1. The number of hydrogen-bond donors (Lipinski definition) is 2. The van der Waals surface area contributed by atoms with Crippen molar-refractivity contribution < 1.29 is 19.6 Å². The van der Waals surface area contributed by atoms with Gasteiger partial charge in [0.05, 0.1) is 14.2 Å². The molecule has 0 spiro atoms. The van der Waals surface area contributed by atoms with Crippen molar-refractivity contribution in [3.8, 4) is 5.75 Å². The molecule has 0 fully saturated rings. The molecule has 26 heavy (non-hydrogen) atoms. The van der Waals surface area contributed by atoms with Gasteiger partial charge in [0, 0.05) is 23.1 Å². The lowest BCUT2D eigenvalue weighted by Crippen LogP contribution is -2.81. The Balaban J connectivity index is 2.14. The highest BCUT2D eigenvalue weighted by Crippen LogP contribution is 2.13. The van der Waals surface area contributed by atoms with E-state index >= 15 is 0 Å². The van der Waals surface area contributed by atoms with Gasteiger partial charge in [-0.25, -0.2) is 4.79 Å². The molecule has 0 aliphatic rings. The molecule has 0 unspecified atom stereocenters. The summed E-state index contributed by atoms with van der Waals surface area (Å²) in [6, 6.07) is 15.3. The van der Waals surface area contributed by atoms with E-state index in [0.29, 0.717) is 18.0 Å². The molecule has 6 heteroatoms. The lowest BCUT2D eigenvalue weighted by atomic mass is 10.1. The Labute approximate surface area is 158 Å². The number of ether oxygens (including phenoxy) is 2. The molecule has 3 N–H and O–H groups in total. The Hall–Kier alpha value is -2.63. The van der Waals surface area contributed by atoms with Crippen LogP contribution < -0.4 is 10.1 Å². The van der Waals surface area contributed by atoms with Crippen LogP contribution in [0.3, 0.4) is 0 Å². The van der Waals surface area contributed by atoms with Crippen molar-refractivity contribution in [3.05, 3.63) is 76.5 Å². The van der Waals surface area contributed by atoms with E-state index in [4.69, 9.17) is 21.7 Å². The molecular formula is C20H22ClN2O3+. The minimum atomic E-state index is -0.655. The summed E-state index contributed by atoms with van der Waals surface area (Å²) in [5.74, 6) is 0.129. The highest BCUT2D eigenvalue weighted by molar-refractivity contribution is 6.39. The van der Waals surface area contributed by atoms with Crippen molar-refractivity contribution >= 4 is 23.3 Å². The van der Waals surface area contributed by atoms with Gasteiger partial charge >= 0.3 is 5.97 Å². The number of carbonyl (C=O) groups excluding carboxylic acids is 1. The van der Waals surface area contributed by atoms with E-state index in [9.17, 15) is 4.79 Å². The molecule has 0 aliphatic carbocycles. The van der Waals surface area contributed by atoms with Gasteiger partial charge in [0.1, 0.15) is 23.7 Å². The fourth-order valence-corrected chi connectivity index (χ4v) is 2.51. The Morgan fingerprint density at radius 3 is 2.27 bits per heavy atom. The number of quaternary nitrogens is 1. The zero-order chi connectivity index (χ0) is 18.9. The average Bonchev–Trinajstić information content (AvgIpc) is 2.67. The molecule has 2 aromatic carbocycles. The minimum Gasteiger partial charge on any atom is -0.497 e. The van der Waals surface area contributed by atoms with E-state index in [-0.39, 0.29) is 5.71 Å². The average molecular weight is 374 g/mol. The molecule has 2 aromatic rings. The summed E-state index contributed by atoms with van der Waals surface area (Å²) in [6.07, 6.45) is 2.14. The molecule has 0 bridgehead atoms. The Kier molecular flexibility index (Phi) is 7.38. The summed E-state index contributed by atoms with van der Waals surface area (Å²) in [5, 5.41) is 10.6. The van der Waals surface area contributed by atoms with E-state index in [0.717, 1.165) is 22.6 Å². The fraction of sp³-hybridized carbons (Fsp3) is 0.200. The van der Waals surface area contributed by atoms with E-state index in [1.165, 1.54) is 7.11 Å². The lowest BCUT2D eigenvalue weighted by molar-refractivity contribution is -0.624. The van der Waals surface area contributed by atoms with Crippen molar-refractivity contribution in [3.63, 3.8) is 0 Å². The van der Waals surface area contributed by atoms with Crippen molar-refractivity contribution in [1.82, 2.24) is 0 Å². The summed E-state index contributed by atoms with van der Waals surface area (Å²) < 4.78 is 9.79. The number of rotatable bonds is 8. The Morgan fingerprint density at radius 2 is 1.69 bits per heavy atom. The molecule has 136 valence electrons. The zero-order valence-electron chi connectivity index (χ0n) is 14.8. The quantitative estimate of drug-likeness (QED) is 0.551. The van der Waals surface area contributed by atoms with Crippen LogP contribution in [-0.2, 0) is 22.5 Å². The van der Waals surface area contributed by atoms with E-state index < -0.39 is 5.97 Å². The van der Waals surface area contributed by atoms with Crippen LogP contribution in [0.15, 0.2) is 60.3 Å². The first-order valence-corrected chi connectivity index (χ1v) is 8.47. The van der Waals surface area contributed by atoms with Crippen LogP contribution in [0.4, 0.5) is 0 Å². The highest BCUT2D eigenvalue weighted by atomic mass is 35.5. The van der Waals surface area contributed by atoms with Crippen molar-refractivity contribution in [1.29, 1.82) is 5.41 Å². The number of esters is 1. The SMILES string of the molecule is COC(=O)C(=N)/C=C(/Cc1ccc(OC)cc1)[NH2+]Cc1ccc(Cl)cc1. The molecule has 0 aromatic heterocycles. The van der Waals surface area contributed by atoms with Gasteiger partial charge in [0.25, 0.3) is 0 Å².